The maximum absolute atomic E-state index is 11.8. The van der Waals surface area contributed by atoms with Crippen molar-refractivity contribution in [3.63, 3.8) is 0 Å². The molecule has 3 heteroatoms. The molecule has 0 aliphatic heterocycles. The average Bonchev–Trinajstić information content (AvgIpc) is 2.99. The average molecular weight is 304 g/mol. The highest BCUT2D eigenvalue weighted by Crippen LogP contribution is 2.44. The Bertz CT molecular complexity index is 434. The van der Waals surface area contributed by atoms with Crippen LogP contribution in [0.25, 0.3) is 0 Å². The first kappa shape index (κ1) is 15.8. The van der Waals surface area contributed by atoms with Gasteiger partial charge in [0.1, 0.15) is 0 Å². The van der Waals surface area contributed by atoms with Gasteiger partial charge >= 0.3 is 5.97 Å². The number of hydrogen-bond acceptors (Lipinski definition) is 3. The first-order chi connectivity index (χ1) is 10.8. The van der Waals surface area contributed by atoms with Gasteiger partial charge in [-0.25, -0.2) is 0 Å². The fourth-order valence-corrected chi connectivity index (χ4v) is 4.12. The van der Waals surface area contributed by atoms with E-state index in [1.54, 1.807) is 0 Å². The molecule has 0 aromatic heterocycles. The summed E-state index contributed by atoms with van der Waals surface area (Å²) in [5, 5.41) is 0. The third kappa shape index (κ3) is 3.62. The van der Waals surface area contributed by atoms with E-state index in [0.29, 0.717) is 37.1 Å². The van der Waals surface area contributed by atoms with E-state index in [1.165, 1.54) is 38.5 Å². The maximum atomic E-state index is 11.8. The van der Waals surface area contributed by atoms with E-state index in [4.69, 9.17) is 9.47 Å². The Morgan fingerprint density at radius 2 is 1.86 bits per heavy atom. The first-order valence-electron chi connectivity index (χ1n) is 8.94. The molecule has 3 rings (SSSR count). The Morgan fingerprint density at radius 3 is 2.55 bits per heavy atom. The van der Waals surface area contributed by atoms with Crippen molar-refractivity contribution in [1.29, 1.82) is 0 Å². The minimum atomic E-state index is -0.0787. The SMILES string of the molecule is CCOC(=O)CC1C=CC=CC1C1CCC1OC1CCCC1. The molecule has 4 atom stereocenters. The molecule has 0 heterocycles. The van der Waals surface area contributed by atoms with Gasteiger partial charge in [0, 0.05) is 0 Å². The molecule has 3 nitrogen and oxygen atoms in total. The van der Waals surface area contributed by atoms with E-state index in [-0.39, 0.29) is 11.9 Å². The molecule has 2 fully saturated rings. The summed E-state index contributed by atoms with van der Waals surface area (Å²) in [6.45, 7) is 2.33. The van der Waals surface area contributed by atoms with Crippen LogP contribution in [-0.2, 0) is 14.3 Å². The van der Waals surface area contributed by atoms with Crippen LogP contribution in [0.15, 0.2) is 24.3 Å². The van der Waals surface area contributed by atoms with E-state index >= 15 is 0 Å². The van der Waals surface area contributed by atoms with Crippen LogP contribution in [0, 0.1) is 17.8 Å². The second-order valence-electron chi connectivity index (χ2n) is 6.84. The standard InChI is InChI=1S/C19H28O3/c1-2-21-19(20)13-14-7-3-6-10-16(14)17-11-12-18(17)22-15-8-4-5-9-15/h3,6-7,10,14-18H,2,4-5,8-9,11-13H2,1H3. The lowest BCUT2D eigenvalue weighted by atomic mass is 9.66. The molecule has 2 saturated carbocycles. The molecule has 0 amide bonds. The lowest BCUT2D eigenvalue weighted by Crippen LogP contribution is -2.43. The molecule has 0 N–H and O–H groups in total. The topological polar surface area (TPSA) is 35.5 Å². The van der Waals surface area contributed by atoms with Gasteiger partial charge in [-0.3, -0.25) is 4.79 Å². The van der Waals surface area contributed by atoms with Gasteiger partial charge in [-0.2, -0.15) is 0 Å². The smallest absolute Gasteiger partial charge is 0.306 e. The van der Waals surface area contributed by atoms with Crippen molar-refractivity contribution in [3.8, 4) is 0 Å². The number of carbonyl (C=O) groups is 1. The highest BCUT2D eigenvalue weighted by molar-refractivity contribution is 5.70. The van der Waals surface area contributed by atoms with Crippen LogP contribution >= 0.6 is 0 Å². The molecule has 0 radical (unpaired) electrons. The molecule has 22 heavy (non-hydrogen) atoms. The molecule has 0 spiro atoms. The van der Waals surface area contributed by atoms with Gasteiger partial charge in [0.15, 0.2) is 0 Å². The third-order valence-electron chi connectivity index (χ3n) is 5.43. The predicted octanol–water partition coefficient (Wildman–Crippen LogP) is 4.04. The van der Waals surface area contributed by atoms with Gasteiger partial charge in [0.2, 0.25) is 0 Å². The third-order valence-corrected chi connectivity index (χ3v) is 5.43. The Hall–Kier alpha value is -1.09. The summed E-state index contributed by atoms with van der Waals surface area (Å²) in [7, 11) is 0. The van der Waals surface area contributed by atoms with Gasteiger partial charge < -0.3 is 9.47 Å². The summed E-state index contributed by atoms with van der Waals surface area (Å²) in [6, 6.07) is 0. The lowest BCUT2D eigenvalue weighted by molar-refractivity contribution is -0.145. The maximum Gasteiger partial charge on any atom is 0.306 e. The van der Waals surface area contributed by atoms with Crippen LogP contribution in [0.4, 0.5) is 0 Å². The fraction of sp³-hybridized carbons (Fsp3) is 0.737. The minimum Gasteiger partial charge on any atom is -0.466 e. The van der Waals surface area contributed by atoms with E-state index in [0.717, 1.165) is 0 Å². The number of esters is 1. The number of ether oxygens (including phenoxy) is 2. The molecule has 0 aromatic carbocycles. The van der Waals surface area contributed by atoms with Crippen LogP contribution < -0.4 is 0 Å². The summed E-state index contributed by atoms with van der Waals surface area (Å²) in [5.41, 5.74) is 0. The van der Waals surface area contributed by atoms with Crippen molar-refractivity contribution in [2.45, 2.75) is 64.1 Å². The van der Waals surface area contributed by atoms with Crippen molar-refractivity contribution < 1.29 is 14.3 Å². The van der Waals surface area contributed by atoms with E-state index in [9.17, 15) is 4.79 Å². The van der Waals surface area contributed by atoms with E-state index < -0.39 is 0 Å². The largest absolute Gasteiger partial charge is 0.466 e. The van der Waals surface area contributed by atoms with Crippen LogP contribution in [0.3, 0.4) is 0 Å². The Morgan fingerprint density at radius 1 is 1.09 bits per heavy atom. The molecule has 122 valence electrons. The molecule has 0 bridgehead atoms. The fourth-order valence-electron chi connectivity index (χ4n) is 4.12. The summed E-state index contributed by atoms with van der Waals surface area (Å²) in [4.78, 5) is 11.8. The molecule has 4 unspecified atom stereocenters. The predicted molar refractivity (Wildman–Crippen MR) is 86.4 cm³/mol. The minimum absolute atomic E-state index is 0.0787. The second-order valence-corrected chi connectivity index (χ2v) is 6.84. The second kappa shape index (κ2) is 7.45. The molecule has 0 saturated heterocycles. The van der Waals surface area contributed by atoms with Crippen LogP contribution in [-0.4, -0.2) is 24.8 Å². The highest BCUT2D eigenvalue weighted by atomic mass is 16.5. The molecular formula is C19H28O3. The summed E-state index contributed by atoms with van der Waals surface area (Å²) in [5.74, 6) is 1.19. The van der Waals surface area contributed by atoms with Crippen molar-refractivity contribution in [1.82, 2.24) is 0 Å². The number of allylic oxidation sites excluding steroid dienone is 4. The molecular weight excluding hydrogens is 276 g/mol. The number of rotatable bonds is 6. The van der Waals surface area contributed by atoms with Crippen LogP contribution in [0.5, 0.6) is 0 Å². The first-order valence-corrected chi connectivity index (χ1v) is 8.94. The van der Waals surface area contributed by atoms with Crippen molar-refractivity contribution in [2.24, 2.45) is 17.8 Å². The van der Waals surface area contributed by atoms with Crippen LogP contribution in [0.1, 0.15) is 51.9 Å². The monoisotopic (exact) mass is 304 g/mol. The summed E-state index contributed by atoms with van der Waals surface area (Å²) >= 11 is 0. The zero-order valence-electron chi connectivity index (χ0n) is 13.6. The summed E-state index contributed by atoms with van der Waals surface area (Å²) in [6.07, 6.45) is 17.5. The van der Waals surface area contributed by atoms with Gasteiger partial charge in [0.25, 0.3) is 0 Å². The quantitative estimate of drug-likeness (QED) is 0.695. The number of hydrogen-bond donors (Lipinski definition) is 0. The van der Waals surface area contributed by atoms with Crippen molar-refractivity contribution >= 4 is 5.97 Å². The highest BCUT2D eigenvalue weighted by Gasteiger charge is 2.41. The van der Waals surface area contributed by atoms with Gasteiger partial charge in [0.05, 0.1) is 25.2 Å². The summed E-state index contributed by atoms with van der Waals surface area (Å²) < 4.78 is 11.5. The Labute approximate surface area is 133 Å². The zero-order valence-corrected chi connectivity index (χ0v) is 13.6. The molecule has 3 aliphatic rings. The van der Waals surface area contributed by atoms with Gasteiger partial charge in [-0.05, 0) is 50.4 Å². The molecule has 0 aromatic rings. The van der Waals surface area contributed by atoms with Gasteiger partial charge in [-0.15, -0.1) is 0 Å². The molecule has 3 aliphatic carbocycles. The van der Waals surface area contributed by atoms with Crippen molar-refractivity contribution in [3.05, 3.63) is 24.3 Å². The Balaban J connectivity index is 1.57. The number of carbonyl (C=O) groups excluding carboxylic acids is 1. The zero-order chi connectivity index (χ0) is 15.4. The van der Waals surface area contributed by atoms with Gasteiger partial charge in [-0.1, -0.05) is 37.1 Å². The normalized spacial score (nSPS) is 34.6. The van der Waals surface area contributed by atoms with E-state index in [2.05, 4.69) is 24.3 Å². The Kier molecular flexibility index (Phi) is 5.35. The van der Waals surface area contributed by atoms with Crippen molar-refractivity contribution in [2.75, 3.05) is 6.61 Å². The van der Waals surface area contributed by atoms with Crippen LogP contribution in [0.2, 0.25) is 0 Å². The lowest BCUT2D eigenvalue weighted by Gasteiger charge is -2.44. The van der Waals surface area contributed by atoms with E-state index in [1.807, 2.05) is 6.92 Å².